The highest BCUT2D eigenvalue weighted by Gasteiger charge is 2.04. The van der Waals surface area contributed by atoms with Gasteiger partial charge in [-0.25, -0.2) is 10.4 Å². The van der Waals surface area contributed by atoms with Crippen molar-refractivity contribution in [3.05, 3.63) is 0 Å². The van der Waals surface area contributed by atoms with Crippen LogP contribution in [-0.2, 0) is 14.4 Å². The van der Waals surface area contributed by atoms with E-state index in [4.69, 9.17) is 34.8 Å². The minimum atomic E-state index is -0.833. The average Bonchev–Trinajstić information content (AvgIpc) is 2.53. The highest BCUT2D eigenvalue weighted by Crippen LogP contribution is 2.05. The summed E-state index contributed by atoms with van der Waals surface area (Å²) in [6, 6.07) is 0. The number of rotatable bonds is 3. The molecule has 0 aromatic carbocycles. The highest BCUT2D eigenvalue weighted by atomic mass is 16.4. The molecule has 1 fully saturated rings. The Kier molecular flexibility index (Phi) is 27.8. The zero-order valence-corrected chi connectivity index (χ0v) is 17.2. The molecule has 1 saturated heterocycles. The number of hydrazine groups is 3. The molecule has 0 saturated carbocycles. The van der Waals surface area contributed by atoms with Gasteiger partial charge in [0.15, 0.2) is 0 Å². The van der Waals surface area contributed by atoms with E-state index in [0.717, 1.165) is 46.8 Å². The molecule has 0 aliphatic carbocycles. The number of carbonyl (C=O) groups is 3. The Morgan fingerprint density at radius 1 is 0.821 bits per heavy atom. The molecule has 11 nitrogen and oxygen atoms in total. The van der Waals surface area contributed by atoms with Gasteiger partial charge >= 0.3 is 0 Å². The second-order valence-corrected chi connectivity index (χ2v) is 5.91. The Morgan fingerprint density at radius 3 is 1.71 bits per heavy atom. The maximum atomic E-state index is 9.00. The first-order chi connectivity index (χ1) is 13.1. The van der Waals surface area contributed by atoms with Crippen LogP contribution in [0.2, 0.25) is 0 Å². The van der Waals surface area contributed by atoms with E-state index in [2.05, 4.69) is 21.5 Å². The number of aliphatic hydroxyl groups is 1. The third kappa shape index (κ3) is 49.6. The lowest BCUT2D eigenvalue weighted by molar-refractivity contribution is -0.135. The van der Waals surface area contributed by atoms with Crippen molar-refractivity contribution in [2.24, 2.45) is 0 Å². The minimum absolute atomic E-state index is 0.256. The topological polar surface area (TPSA) is 171 Å². The molecule has 0 amide bonds. The maximum Gasteiger partial charge on any atom is 0.300 e. The van der Waals surface area contributed by atoms with E-state index < -0.39 is 17.9 Å². The van der Waals surface area contributed by atoms with Crippen LogP contribution in [0.5, 0.6) is 0 Å². The van der Waals surface area contributed by atoms with E-state index in [9.17, 15) is 0 Å². The van der Waals surface area contributed by atoms with Crippen molar-refractivity contribution in [1.82, 2.24) is 21.5 Å². The van der Waals surface area contributed by atoms with Crippen LogP contribution in [0.15, 0.2) is 0 Å². The van der Waals surface area contributed by atoms with Crippen LogP contribution in [0.3, 0.4) is 0 Å². The summed E-state index contributed by atoms with van der Waals surface area (Å²) >= 11 is 0. The summed E-state index contributed by atoms with van der Waals surface area (Å²) in [6.45, 7) is 6.42. The van der Waals surface area contributed by atoms with Crippen LogP contribution in [0.25, 0.3) is 0 Å². The summed E-state index contributed by atoms with van der Waals surface area (Å²) in [7, 11) is 0. The maximum absolute atomic E-state index is 9.00. The normalized spacial score (nSPS) is 15.4. The second kappa shape index (κ2) is 25.2. The SMILES string of the molecule is CC(=O)O.CC(=O)O.CC(=O)O.OCCCN1CCCCCCCCNNN1. The quantitative estimate of drug-likeness (QED) is 0.351. The summed E-state index contributed by atoms with van der Waals surface area (Å²) in [6.07, 6.45) is 8.60. The van der Waals surface area contributed by atoms with Gasteiger partial charge in [-0.3, -0.25) is 14.4 Å². The smallest absolute Gasteiger partial charge is 0.300 e. The van der Waals surface area contributed by atoms with E-state index in [1.54, 1.807) is 0 Å². The van der Waals surface area contributed by atoms with E-state index in [1.165, 1.54) is 38.5 Å². The lowest BCUT2D eigenvalue weighted by Crippen LogP contribution is -2.53. The Morgan fingerprint density at radius 2 is 1.25 bits per heavy atom. The Labute approximate surface area is 167 Å². The molecule has 11 heteroatoms. The Bertz CT molecular complexity index is 332. The number of hydrogen-bond donors (Lipinski definition) is 7. The van der Waals surface area contributed by atoms with Crippen molar-refractivity contribution in [3.8, 4) is 0 Å². The molecule has 168 valence electrons. The first-order valence-corrected chi connectivity index (χ1v) is 9.31. The average molecular weight is 411 g/mol. The third-order valence-corrected chi connectivity index (χ3v) is 2.87. The number of hydrogen-bond acceptors (Lipinski definition) is 8. The molecule has 0 aromatic heterocycles. The third-order valence-electron chi connectivity index (χ3n) is 2.87. The standard InChI is InChI=1S/C11H26N4O.3C2H4O2/c16-11-7-10-15-9-6-4-2-1-3-5-8-12-13-14-15;3*1-2(3)4/h12-14,16H,1-11H2;3*1H3,(H,3,4). The van der Waals surface area contributed by atoms with Crippen molar-refractivity contribution in [1.29, 1.82) is 0 Å². The number of nitrogens with one attached hydrogen (secondary N) is 3. The molecule has 0 bridgehead atoms. The Balaban J connectivity index is -0.000000427. The molecule has 28 heavy (non-hydrogen) atoms. The second-order valence-electron chi connectivity index (χ2n) is 5.91. The van der Waals surface area contributed by atoms with Crippen molar-refractivity contribution in [2.75, 3.05) is 26.2 Å². The van der Waals surface area contributed by atoms with Crippen molar-refractivity contribution in [2.45, 2.75) is 65.7 Å². The van der Waals surface area contributed by atoms with Crippen molar-refractivity contribution in [3.63, 3.8) is 0 Å². The van der Waals surface area contributed by atoms with Gasteiger partial charge in [-0.05, 0) is 19.3 Å². The van der Waals surface area contributed by atoms with E-state index in [-0.39, 0.29) is 6.61 Å². The number of carboxylic acids is 3. The molecule has 0 spiro atoms. The van der Waals surface area contributed by atoms with Crippen LogP contribution in [0.1, 0.15) is 65.7 Å². The van der Waals surface area contributed by atoms with Crippen LogP contribution in [-0.4, -0.2) is 69.6 Å². The zero-order chi connectivity index (χ0) is 22.2. The predicted molar refractivity (Wildman–Crippen MR) is 105 cm³/mol. The zero-order valence-electron chi connectivity index (χ0n) is 17.2. The fourth-order valence-corrected chi connectivity index (χ4v) is 1.89. The van der Waals surface area contributed by atoms with E-state index in [1.807, 2.05) is 0 Å². The van der Waals surface area contributed by atoms with Crippen LogP contribution >= 0.6 is 0 Å². The van der Waals surface area contributed by atoms with Crippen molar-refractivity contribution >= 4 is 17.9 Å². The monoisotopic (exact) mass is 410 g/mol. The number of aliphatic carboxylic acids is 3. The summed E-state index contributed by atoms with van der Waals surface area (Å²) in [5.74, 6) is -2.50. The number of nitrogens with zero attached hydrogens (tertiary/aromatic N) is 1. The van der Waals surface area contributed by atoms with Gasteiger partial charge in [0.1, 0.15) is 0 Å². The largest absolute Gasteiger partial charge is 0.481 e. The molecular weight excluding hydrogens is 372 g/mol. The van der Waals surface area contributed by atoms with Gasteiger partial charge in [0.2, 0.25) is 0 Å². The van der Waals surface area contributed by atoms with Gasteiger partial charge in [0.25, 0.3) is 17.9 Å². The van der Waals surface area contributed by atoms with Gasteiger partial charge in [0, 0.05) is 47.0 Å². The van der Waals surface area contributed by atoms with Gasteiger partial charge in [0.05, 0.1) is 0 Å². The molecule has 0 unspecified atom stereocenters. The van der Waals surface area contributed by atoms with E-state index >= 15 is 0 Å². The first-order valence-electron chi connectivity index (χ1n) is 9.31. The van der Waals surface area contributed by atoms with E-state index in [0.29, 0.717) is 0 Å². The molecule has 1 aliphatic heterocycles. The first kappa shape index (κ1) is 30.9. The summed E-state index contributed by atoms with van der Waals surface area (Å²) in [4.78, 5) is 27.0. The molecule has 1 rings (SSSR count). The number of carboxylic acid groups (broad SMARTS) is 3. The van der Waals surface area contributed by atoms with Gasteiger partial charge in [-0.1, -0.05) is 25.7 Å². The molecule has 0 atom stereocenters. The molecule has 0 aromatic rings. The van der Waals surface area contributed by atoms with Crippen LogP contribution < -0.4 is 16.5 Å². The summed E-state index contributed by atoms with van der Waals surface area (Å²) in [5.41, 5.74) is 9.28. The van der Waals surface area contributed by atoms with Gasteiger partial charge < -0.3 is 20.4 Å². The molecular formula is C17H38N4O7. The minimum Gasteiger partial charge on any atom is -0.481 e. The number of aliphatic hydroxyl groups excluding tert-OH is 1. The lowest BCUT2D eigenvalue weighted by atomic mass is 10.1. The van der Waals surface area contributed by atoms with Crippen LogP contribution in [0, 0.1) is 0 Å². The predicted octanol–water partition coefficient (Wildman–Crippen LogP) is 0.812. The summed E-state index contributed by atoms with van der Waals surface area (Å²) < 4.78 is 0. The molecule has 0 radical (unpaired) electrons. The van der Waals surface area contributed by atoms with Gasteiger partial charge in [-0.2, -0.15) is 11.1 Å². The lowest BCUT2D eigenvalue weighted by Gasteiger charge is -2.24. The summed E-state index contributed by atoms with van der Waals surface area (Å²) in [5, 5.41) is 33.2. The highest BCUT2D eigenvalue weighted by molar-refractivity contribution is 5.63. The van der Waals surface area contributed by atoms with Crippen molar-refractivity contribution < 1.29 is 34.8 Å². The fraction of sp³-hybridized carbons (Fsp3) is 0.824. The fourth-order valence-electron chi connectivity index (χ4n) is 1.89. The molecule has 1 heterocycles. The van der Waals surface area contributed by atoms with Crippen LogP contribution in [0.4, 0.5) is 0 Å². The van der Waals surface area contributed by atoms with Gasteiger partial charge in [-0.15, -0.1) is 0 Å². The molecule has 7 N–H and O–H groups in total. The molecule has 1 aliphatic rings. The Hall–Kier alpha value is -1.79.